The molecule has 6 heterocycles. The Morgan fingerprint density at radius 1 is 0.959 bits per heavy atom. The van der Waals surface area contributed by atoms with Gasteiger partial charge in [-0.2, -0.15) is 0 Å². The molecule has 1 fully saturated rings. The molecule has 0 radical (unpaired) electrons. The van der Waals surface area contributed by atoms with E-state index < -0.39 is 5.82 Å². The fraction of sp³-hybridized carbons (Fsp3) is 0.314. The van der Waals surface area contributed by atoms with Crippen LogP contribution in [-0.4, -0.2) is 105 Å². The first-order chi connectivity index (χ1) is 23.9. The number of methoxy groups -OCH3 is 2. The Labute approximate surface area is 283 Å². The molecule has 13 nitrogen and oxygen atoms in total. The lowest BCUT2D eigenvalue weighted by Crippen LogP contribution is -2.49. The number of nitrogens with zero attached hydrogens (tertiary/aromatic N) is 8. The van der Waals surface area contributed by atoms with Gasteiger partial charge in [0.05, 0.1) is 38.7 Å². The van der Waals surface area contributed by atoms with E-state index in [0.29, 0.717) is 84.8 Å². The number of hydrogen-bond donors (Lipinski definition) is 1. The van der Waals surface area contributed by atoms with E-state index in [1.165, 1.54) is 0 Å². The van der Waals surface area contributed by atoms with Crippen LogP contribution in [0.5, 0.6) is 11.5 Å². The molecule has 1 aromatic carbocycles. The summed E-state index contributed by atoms with van der Waals surface area (Å²) in [7, 11) is 3.17. The molecule has 49 heavy (non-hydrogen) atoms. The van der Waals surface area contributed by atoms with E-state index in [1.54, 1.807) is 71.8 Å². The first kappa shape index (κ1) is 31.8. The smallest absolute Gasteiger partial charge is 0.270 e. The fourth-order valence-electron chi connectivity index (χ4n) is 6.54. The molecule has 7 rings (SSSR count). The monoisotopic (exact) mass is 667 g/mol. The number of rotatable bonds is 9. The molecule has 0 bridgehead atoms. The first-order valence-corrected chi connectivity index (χ1v) is 16.1. The highest BCUT2D eigenvalue weighted by atomic mass is 19.1. The van der Waals surface area contributed by atoms with Crippen LogP contribution in [0.2, 0.25) is 0 Å². The van der Waals surface area contributed by atoms with Gasteiger partial charge < -0.3 is 29.2 Å². The summed E-state index contributed by atoms with van der Waals surface area (Å²) in [5, 5.41) is 8.27. The number of fused-ring (bicyclic) bond motifs is 1. The van der Waals surface area contributed by atoms with Gasteiger partial charge >= 0.3 is 0 Å². The quantitative estimate of drug-likeness (QED) is 0.244. The van der Waals surface area contributed by atoms with Gasteiger partial charge in [-0.15, -0.1) is 5.10 Å². The number of amides is 2. The minimum Gasteiger partial charge on any atom is -0.494 e. The average molecular weight is 668 g/mol. The molecule has 0 atom stereocenters. The van der Waals surface area contributed by atoms with Crippen molar-refractivity contribution < 1.29 is 24.9 Å². The van der Waals surface area contributed by atoms with Gasteiger partial charge in [0.2, 0.25) is 5.91 Å². The predicted molar refractivity (Wildman–Crippen MR) is 183 cm³/mol. The Kier molecular flexibility index (Phi) is 8.92. The number of H-pyrrole nitrogens is 1. The maximum atomic E-state index is 16.6. The summed E-state index contributed by atoms with van der Waals surface area (Å²) in [5.41, 5.74) is 2.93. The van der Waals surface area contributed by atoms with Crippen molar-refractivity contribution in [2.24, 2.45) is 0 Å². The number of ether oxygens (including phenoxy) is 2. The zero-order valence-corrected chi connectivity index (χ0v) is 27.3. The molecular formula is C35H38FN9O4. The van der Waals surface area contributed by atoms with E-state index >= 15 is 4.39 Å². The molecule has 4 aromatic heterocycles. The van der Waals surface area contributed by atoms with Crippen LogP contribution in [0.15, 0.2) is 67.4 Å². The largest absolute Gasteiger partial charge is 0.494 e. The van der Waals surface area contributed by atoms with Gasteiger partial charge in [0.1, 0.15) is 11.4 Å². The third-order valence-electron chi connectivity index (χ3n) is 9.09. The third-order valence-corrected chi connectivity index (χ3v) is 9.09. The molecule has 0 unspecified atom stereocenters. The number of aryl methyl sites for hydroxylation is 1. The highest BCUT2D eigenvalue weighted by Gasteiger charge is 2.29. The summed E-state index contributed by atoms with van der Waals surface area (Å²) in [6, 6.07) is 8.99. The summed E-state index contributed by atoms with van der Waals surface area (Å²) >= 11 is 0. The van der Waals surface area contributed by atoms with Crippen molar-refractivity contribution in [2.45, 2.75) is 19.4 Å². The SMILES string of the molecule is COc1cnccc1-c1cc(C2=CCCN(C(=O)CCn3ccnn3)C2)c(F)c2[nH]c(C(=O)N3CCN(c4ncccc4OC)CC3)cc12.[HH]. The Hall–Kier alpha value is -5.79. The van der Waals surface area contributed by atoms with E-state index in [2.05, 4.69) is 30.2 Å². The van der Waals surface area contributed by atoms with Crippen LogP contribution in [0.3, 0.4) is 0 Å². The molecule has 1 saturated heterocycles. The highest BCUT2D eigenvalue weighted by Crippen LogP contribution is 2.40. The highest BCUT2D eigenvalue weighted by molar-refractivity contribution is 6.05. The number of carbonyl (C=O) groups excluding carboxylic acids is 2. The minimum atomic E-state index is -0.485. The Balaban J connectivity index is 0.00000432. The van der Waals surface area contributed by atoms with Crippen molar-refractivity contribution in [1.82, 2.24) is 39.7 Å². The molecule has 0 aliphatic carbocycles. The Bertz CT molecular complexity index is 2030. The normalized spacial score (nSPS) is 15.0. The van der Waals surface area contributed by atoms with E-state index in [9.17, 15) is 9.59 Å². The van der Waals surface area contributed by atoms with Gasteiger partial charge in [-0.3, -0.25) is 19.3 Å². The molecule has 0 spiro atoms. The van der Waals surface area contributed by atoms with Crippen LogP contribution in [-0.2, 0) is 11.3 Å². The number of halogens is 1. The van der Waals surface area contributed by atoms with Gasteiger partial charge in [0.25, 0.3) is 5.91 Å². The van der Waals surface area contributed by atoms with Gasteiger partial charge in [0, 0.05) is 82.2 Å². The maximum absolute atomic E-state index is 16.6. The maximum Gasteiger partial charge on any atom is 0.270 e. The topological polar surface area (TPSA) is 135 Å². The van der Waals surface area contributed by atoms with Crippen LogP contribution in [0.4, 0.5) is 10.2 Å². The van der Waals surface area contributed by atoms with E-state index in [4.69, 9.17) is 9.47 Å². The molecular weight excluding hydrogens is 629 g/mol. The number of piperazine rings is 1. The molecule has 5 aromatic rings. The van der Waals surface area contributed by atoms with E-state index in [-0.39, 0.29) is 37.4 Å². The standard InChI is InChI=1S/C35H36FN9O4.H2/c1-48-29-6-3-9-38-34(29)42-15-17-43(18-16-42)35(47)28-20-27-26(24-7-10-37-21-30(24)49-2)19-25(32(36)33(27)40-28)23-5-4-12-44(22-23)31(46)8-13-45-14-11-39-41-45;/h3,5-7,9-11,14,19-21,40H,4,8,12-13,15-18,22H2,1-2H3;1H. The summed E-state index contributed by atoms with van der Waals surface area (Å²) in [6.07, 6.45) is 11.1. The van der Waals surface area contributed by atoms with Crippen molar-refractivity contribution in [2.75, 3.05) is 58.4 Å². The molecule has 2 amide bonds. The summed E-state index contributed by atoms with van der Waals surface area (Å²) < 4.78 is 29.4. The number of nitrogens with one attached hydrogen (secondary N) is 1. The minimum absolute atomic E-state index is 0. The molecule has 2 aliphatic rings. The number of benzene rings is 1. The number of pyridine rings is 2. The summed E-state index contributed by atoms with van der Waals surface area (Å²) in [6.45, 7) is 3.26. The van der Waals surface area contributed by atoms with Gasteiger partial charge in [-0.1, -0.05) is 11.3 Å². The van der Waals surface area contributed by atoms with Gasteiger partial charge in [-0.05, 0) is 47.9 Å². The van der Waals surface area contributed by atoms with Crippen LogP contribution >= 0.6 is 0 Å². The number of hydrogen-bond acceptors (Lipinski definition) is 9. The van der Waals surface area contributed by atoms with E-state index in [0.717, 1.165) is 5.82 Å². The van der Waals surface area contributed by atoms with Crippen molar-refractivity contribution in [3.63, 3.8) is 0 Å². The van der Waals surface area contributed by atoms with Crippen molar-refractivity contribution in [3.05, 3.63) is 84.5 Å². The second-order valence-corrected chi connectivity index (χ2v) is 11.9. The molecule has 2 aliphatic heterocycles. The van der Waals surface area contributed by atoms with Crippen LogP contribution < -0.4 is 14.4 Å². The molecule has 14 heteroatoms. The van der Waals surface area contributed by atoms with Crippen LogP contribution in [0.25, 0.3) is 27.6 Å². The lowest BCUT2D eigenvalue weighted by Gasteiger charge is -2.35. The first-order valence-electron chi connectivity index (χ1n) is 16.1. The van der Waals surface area contributed by atoms with Crippen molar-refractivity contribution in [1.29, 1.82) is 0 Å². The lowest BCUT2D eigenvalue weighted by atomic mass is 9.93. The predicted octanol–water partition coefficient (Wildman–Crippen LogP) is 4.29. The summed E-state index contributed by atoms with van der Waals surface area (Å²) in [4.78, 5) is 44.4. The zero-order chi connectivity index (χ0) is 33.9. The Morgan fingerprint density at radius 2 is 1.80 bits per heavy atom. The van der Waals surface area contributed by atoms with Crippen LogP contribution in [0, 0.1) is 5.82 Å². The third kappa shape index (κ3) is 6.28. The molecule has 254 valence electrons. The number of carbonyl (C=O) groups is 2. The van der Waals surface area contributed by atoms with Gasteiger partial charge in [-0.25, -0.2) is 9.37 Å². The van der Waals surface area contributed by atoms with Gasteiger partial charge in [0.15, 0.2) is 17.4 Å². The lowest BCUT2D eigenvalue weighted by molar-refractivity contribution is -0.131. The Morgan fingerprint density at radius 3 is 2.57 bits per heavy atom. The van der Waals surface area contributed by atoms with Crippen molar-refractivity contribution >= 4 is 34.1 Å². The number of aromatic amines is 1. The molecule has 1 N–H and O–H groups in total. The fourth-order valence-corrected chi connectivity index (χ4v) is 6.54. The van der Waals surface area contributed by atoms with E-state index in [1.807, 2.05) is 24.3 Å². The average Bonchev–Trinajstić information content (AvgIpc) is 3.85. The zero-order valence-electron chi connectivity index (χ0n) is 27.3. The van der Waals surface area contributed by atoms with Crippen molar-refractivity contribution in [3.8, 4) is 22.6 Å². The second-order valence-electron chi connectivity index (χ2n) is 11.9. The second kappa shape index (κ2) is 13.7. The summed E-state index contributed by atoms with van der Waals surface area (Å²) in [5.74, 6) is 1.17. The van der Waals surface area contributed by atoms with Crippen LogP contribution in [0.1, 0.15) is 30.3 Å². The number of anilines is 1. The molecule has 0 saturated carbocycles. The number of aromatic nitrogens is 6.